The van der Waals surface area contributed by atoms with Gasteiger partial charge in [0.25, 0.3) is 0 Å². The SMILES string of the molecule is CCc1nc(N)c(C)c(N(CCC#N)c2ccccc2)n1. The Bertz CT molecular complexity index is 646. The van der Waals surface area contributed by atoms with Crippen molar-refractivity contribution in [2.45, 2.75) is 26.7 Å². The fourth-order valence-electron chi connectivity index (χ4n) is 2.12. The molecule has 2 rings (SSSR count). The Morgan fingerprint density at radius 2 is 1.95 bits per heavy atom. The van der Waals surface area contributed by atoms with Crippen molar-refractivity contribution in [3.8, 4) is 6.07 Å². The minimum absolute atomic E-state index is 0.416. The Hall–Kier alpha value is -2.61. The van der Waals surface area contributed by atoms with Crippen LogP contribution in [0.2, 0.25) is 0 Å². The van der Waals surface area contributed by atoms with Crippen molar-refractivity contribution >= 4 is 17.3 Å². The number of nitriles is 1. The molecule has 0 amide bonds. The van der Waals surface area contributed by atoms with Crippen LogP contribution in [0.1, 0.15) is 24.7 Å². The number of aryl methyl sites for hydroxylation is 1. The summed E-state index contributed by atoms with van der Waals surface area (Å²) in [7, 11) is 0. The average molecular weight is 281 g/mol. The monoisotopic (exact) mass is 281 g/mol. The maximum absolute atomic E-state index is 8.90. The van der Waals surface area contributed by atoms with Gasteiger partial charge in [0.05, 0.1) is 12.5 Å². The van der Waals surface area contributed by atoms with E-state index >= 15 is 0 Å². The Labute approximate surface area is 125 Å². The summed E-state index contributed by atoms with van der Waals surface area (Å²) < 4.78 is 0. The number of anilines is 3. The summed E-state index contributed by atoms with van der Waals surface area (Å²) in [6.07, 6.45) is 1.14. The van der Waals surface area contributed by atoms with Crippen LogP contribution in [0.15, 0.2) is 30.3 Å². The number of benzene rings is 1. The summed E-state index contributed by atoms with van der Waals surface area (Å²) >= 11 is 0. The first kappa shape index (κ1) is 14.8. The highest BCUT2D eigenvalue weighted by atomic mass is 15.2. The molecule has 0 atom stereocenters. The molecule has 0 bridgehead atoms. The van der Waals surface area contributed by atoms with Gasteiger partial charge in [-0.1, -0.05) is 25.1 Å². The summed E-state index contributed by atoms with van der Waals surface area (Å²) in [4.78, 5) is 10.9. The topological polar surface area (TPSA) is 78.8 Å². The molecule has 0 radical (unpaired) electrons. The molecule has 5 heteroatoms. The lowest BCUT2D eigenvalue weighted by atomic mass is 10.2. The number of nitrogens with two attached hydrogens (primary N) is 1. The Kier molecular flexibility index (Phi) is 4.72. The molecule has 2 N–H and O–H groups in total. The second kappa shape index (κ2) is 6.71. The number of para-hydroxylation sites is 1. The number of hydrogen-bond donors (Lipinski definition) is 1. The van der Waals surface area contributed by atoms with Crippen LogP contribution in [-0.2, 0) is 6.42 Å². The van der Waals surface area contributed by atoms with Crippen LogP contribution < -0.4 is 10.6 Å². The molecule has 0 aliphatic carbocycles. The van der Waals surface area contributed by atoms with Crippen LogP contribution in [0, 0.1) is 18.3 Å². The van der Waals surface area contributed by atoms with Gasteiger partial charge in [-0.2, -0.15) is 5.26 Å². The van der Waals surface area contributed by atoms with Gasteiger partial charge in [-0.3, -0.25) is 0 Å². The van der Waals surface area contributed by atoms with E-state index in [1.807, 2.05) is 49.1 Å². The molecule has 1 heterocycles. The standard InChI is InChI=1S/C16H19N5/c1-3-14-19-15(18)12(2)16(20-14)21(11-7-10-17)13-8-5-4-6-9-13/h4-6,8-9H,3,7,11H2,1-2H3,(H2,18,19,20). The smallest absolute Gasteiger partial charge is 0.141 e. The molecule has 0 aliphatic heterocycles. The summed E-state index contributed by atoms with van der Waals surface area (Å²) in [6, 6.07) is 12.1. The van der Waals surface area contributed by atoms with Gasteiger partial charge < -0.3 is 10.6 Å². The van der Waals surface area contributed by atoms with E-state index in [9.17, 15) is 0 Å². The molecule has 0 spiro atoms. The quantitative estimate of drug-likeness (QED) is 0.911. The number of nitrogen functional groups attached to an aromatic ring is 1. The maximum atomic E-state index is 8.90. The van der Waals surface area contributed by atoms with Crippen LogP contribution in [0.3, 0.4) is 0 Å². The van der Waals surface area contributed by atoms with Crippen LogP contribution >= 0.6 is 0 Å². The second-order valence-electron chi connectivity index (χ2n) is 4.72. The second-order valence-corrected chi connectivity index (χ2v) is 4.72. The predicted molar refractivity (Wildman–Crippen MR) is 84.2 cm³/mol. The molecule has 5 nitrogen and oxygen atoms in total. The molecule has 1 aromatic carbocycles. The summed E-state index contributed by atoms with van der Waals surface area (Å²) in [6.45, 7) is 4.48. The third-order valence-corrected chi connectivity index (χ3v) is 3.29. The lowest BCUT2D eigenvalue weighted by molar-refractivity contribution is 0.875. The molecular weight excluding hydrogens is 262 g/mol. The molecule has 0 unspecified atom stereocenters. The van der Waals surface area contributed by atoms with Crippen molar-refractivity contribution in [3.63, 3.8) is 0 Å². The van der Waals surface area contributed by atoms with E-state index in [-0.39, 0.29) is 0 Å². The molecule has 0 saturated heterocycles. The minimum Gasteiger partial charge on any atom is -0.383 e. The third-order valence-electron chi connectivity index (χ3n) is 3.29. The van der Waals surface area contributed by atoms with Gasteiger partial charge in [-0.25, -0.2) is 9.97 Å². The van der Waals surface area contributed by atoms with Crippen LogP contribution in [0.25, 0.3) is 0 Å². The Balaban J connectivity index is 2.51. The number of hydrogen-bond acceptors (Lipinski definition) is 5. The van der Waals surface area contributed by atoms with Gasteiger partial charge in [0.1, 0.15) is 17.5 Å². The first-order chi connectivity index (χ1) is 10.2. The zero-order valence-corrected chi connectivity index (χ0v) is 12.4. The van der Waals surface area contributed by atoms with E-state index < -0.39 is 0 Å². The Morgan fingerprint density at radius 3 is 2.57 bits per heavy atom. The highest BCUT2D eigenvalue weighted by molar-refractivity contribution is 5.66. The molecule has 0 fully saturated rings. The van der Waals surface area contributed by atoms with Crippen molar-refractivity contribution in [1.29, 1.82) is 5.26 Å². The lowest BCUT2D eigenvalue weighted by Gasteiger charge is -2.25. The van der Waals surface area contributed by atoms with Gasteiger partial charge in [-0.05, 0) is 19.1 Å². The van der Waals surface area contributed by atoms with Crippen molar-refractivity contribution < 1.29 is 0 Å². The molecular formula is C16H19N5. The van der Waals surface area contributed by atoms with Gasteiger partial charge in [0.15, 0.2) is 0 Å². The molecule has 2 aromatic rings. The Morgan fingerprint density at radius 1 is 1.24 bits per heavy atom. The van der Waals surface area contributed by atoms with Crippen molar-refractivity contribution in [2.24, 2.45) is 0 Å². The van der Waals surface area contributed by atoms with E-state index in [0.29, 0.717) is 24.6 Å². The van der Waals surface area contributed by atoms with Gasteiger partial charge in [0, 0.05) is 24.2 Å². The van der Waals surface area contributed by atoms with Crippen LogP contribution in [0.4, 0.5) is 17.3 Å². The normalized spacial score (nSPS) is 10.1. The zero-order chi connectivity index (χ0) is 15.2. The minimum atomic E-state index is 0.416. The largest absolute Gasteiger partial charge is 0.383 e. The predicted octanol–water partition coefficient (Wildman–Crippen LogP) is 2.98. The van der Waals surface area contributed by atoms with E-state index in [1.54, 1.807) is 0 Å². The highest BCUT2D eigenvalue weighted by Crippen LogP contribution is 2.28. The third kappa shape index (κ3) is 3.29. The van der Waals surface area contributed by atoms with Gasteiger partial charge in [-0.15, -0.1) is 0 Å². The number of aromatic nitrogens is 2. The fourth-order valence-corrected chi connectivity index (χ4v) is 2.12. The highest BCUT2D eigenvalue weighted by Gasteiger charge is 2.16. The molecule has 108 valence electrons. The zero-order valence-electron chi connectivity index (χ0n) is 12.4. The first-order valence-corrected chi connectivity index (χ1v) is 7.00. The first-order valence-electron chi connectivity index (χ1n) is 7.00. The number of rotatable bonds is 5. The summed E-state index contributed by atoms with van der Waals surface area (Å²) in [5.41, 5.74) is 7.84. The summed E-state index contributed by atoms with van der Waals surface area (Å²) in [5.74, 6) is 1.99. The molecule has 1 aromatic heterocycles. The molecule has 0 saturated carbocycles. The van der Waals surface area contributed by atoms with Crippen LogP contribution in [-0.4, -0.2) is 16.5 Å². The molecule has 21 heavy (non-hydrogen) atoms. The summed E-state index contributed by atoms with van der Waals surface area (Å²) in [5, 5.41) is 8.90. The average Bonchev–Trinajstić information content (AvgIpc) is 2.52. The van der Waals surface area contributed by atoms with Crippen molar-refractivity contribution in [2.75, 3.05) is 17.2 Å². The van der Waals surface area contributed by atoms with Crippen LogP contribution in [0.5, 0.6) is 0 Å². The van der Waals surface area contributed by atoms with E-state index in [1.165, 1.54) is 0 Å². The van der Waals surface area contributed by atoms with Crippen molar-refractivity contribution in [3.05, 3.63) is 41.7 Å². The fraction of sp³-hybridized carbons (Fsp3) is 0.312. The lowest BCUT2D eigenvalue weighted by Crippen LogP contribution is -2.22. The van der Waals surface area contributed by atoms with Crippen molar-refractivity contribution in [1.82, 2.24) is 9.97 Å². The van der Waals surface area contributed by atoms with E-state index in [4.69, 9.17) is 11.0 Å². The van der Waals surface area contributed by atoms with E-state index in [0.717, 1.165) is 23.5 Å². The maximum Gasteiger partial charge on any atom is 0.141 e. The number of nitrogens with zero attached hydrogens (tertiary/aromatic N) is 4. The van der Waals surface area contributed by atoms with Gasteiger partial charge in [0.2, 0.25) is 0 Å². The van der Waals surface area contributed by atoms with E-state index in [2.05, 4.69) is 16.0 Å². The van der Waals surface area contributed by atoms with Gasteiger partial charge >= 0.3 is 0 Å². The molecule has 0 aliphatic rings.